The van der Waals surface area contributed by atoms with Crippen molar-refractivity contribution >= 4 is 29.3 Å². The van der Waals surface area contributed by atoms with Crippen LogP contribution in [0.1, 0.15) is 10.4 Å². The number of nitro groups is 1. The highest BCUT2D eigenvalue weighted by Gasteiger charge is 2.14. The molecule has 0 saturated carbocycles. The van der Waals surface area contributed by atoms with Crippen LogP contribution >= 0.6 is 11.6 Å². The van der Waals surface area contributed by atoms with Gasteiger partial charge in [0.2, 0.25) is 0 Å². The van der Waals surface area contributed by atoms with E-state index in [4.69, 9.17) is 11.6 Å². The monoisotopic (exact) mass is 324 g/mol. The summed E-state index contributed by atoms with van der Waals surface area (Å²) in [7, 11) is 3.25. The van der Waals surface area contributed by atoms with E-state index in [0.29, 0.717) is 12.0 Å². The molecule has 0 aromatic heterocycles. The molecule has 0 spiro atoms. The van der Waals surface area contributed by atoms with Crippen molar-refractivity contribution in [1.82, 2.24) is 0 Å². The standard InChI is InChI=1S/C13H11ClN2O3.C2H6O/c1-3-11(6-9(2)14)15-12-5-4-10(8-17)7-13(12)16(18)19;1-3-2/h3-8,15H,1-2H2;1-2H3/b11-6+;. The number of methoxy groups -OCH3 is 1. The van der Waals surface area contributed by atoms with Crippen molar-refractivity contribution in [2.45, 2.75) is 0 Å². The summed E-state index contributed by atoms with van der Waals surface area (Å²) in [6.07, 6.45) is 3.47. The number of nitro benzene ring substituents is 1. The van der Waals surface area contributed by atoms with Gasteiger partial charge in [-0.05, 0) is 24.3 Å². The highest BCUT2D eigenvalue weighted by molar-refractivity contribution is 6.30. The first kappa shape index (κ1) is 19.6. The van der Waals surface area contributed by atoms with Crippen LogP contribution in [0, 0.1) is 10.1 Å². The summed E-state index contributed by atoms with van der Waals surface area (Å²) in [6.45, 7) is 7.05. The lowest BCUT2D eigenvalue weighted by atomic mass is 10.2. The normalized spacial score (nSPS) is 10.0. The van der Waals surface area contributed by atoms with E-state index >= 15 is 0 Å². The molecular formula is C15H17ClN2O4. The number of carbonyl (C=O) groups excluding carboxylic acids is 1. The fourth-order valence-corrected chi connectivity index (χ4v) is 1.47. The van der Waals surface area contributed by atoms with Crippen molar-refractivity contribution in [3.63, 3.8) is 0 Å². The first-order chi connectivity index (χ1) is 10.4. The van der Waals surface area contributed by atoms with E-state index < -0.39 is 4.92 Å². The highest BCUT2D eigenvalue weighted by Crippen LogP contribution is 2.26. The molecular weight excluding hydrogens is 308 g/mol. The molecule has 0 radical (unpaired) electrons. The van der Waals surface area contributed by atoms with E-state index in [0.717, 1.165) is 0 Å². The van der Waals surface area contributed by atoms with Crippen molar-refractivity contribution in [1.29, 1.82) is 0 Å². The quantitative estimate of drug-likeness (QED) is 0.371. The molecule has 22 heavy (non-hydrogen) atoms. The number of nitrogens with zero attached hydrogens (tertiary/aromatic N) is 1. The number of aldehydes is 1. The van der Waals surface area contributed by atoms with E-state index in [1.807, 2.05) is 0 Å². The molecule has 118 valence electrons. The third-order valence-electron chi connectivity index (χ3n) is 2.17. The van der Waals surface area contributed by atoms with Gasteiger partial charge in [-0.3, -0.25) is 14.9 Å². The molecule has 1 N–H and O–H groups in total. The summed E-state index contributed by atoms with van der Waals surface area (Å²) in [5.74, 6) is 0. The molecule has 6 nitrogen and oxygen atoms in total. The first-order valence-corrected chi connectivity index (χ1v) is 6.36. The van der Waals surface area contributed by atoms with Crippen LogP contribution in [0.2, 0.25) is 0 Å². The minimum absolute atomic E-state index is 0.211. The Kier molecular flexibility index (Phi) is 9.17. The first-order valence-electron chi connectivity index (χ1n) is 5.98. The summed E-state index contributed by atoms with van der Waals surface area (Å²) in [5, 5.41) is 14.0. The number of rotatable bonds is 6. The number of allylic oxidation sites excluding steroid dienone is 3. The summed E-state index contributed by atoms with van der Waals surface area (Å²) in [6, 6.07) is 4.10. The smallest absolute Gasteiger partial charge is 0.293 e. The largest absolute Gasteiger partial charge is 0.388 e. The van der Waals surface area contributed by atoms with Crippen LogP contribution in [0.3, 0.4) is 0 Å². The zero-order chi connectivity index (χ0) is 17.1. The average molecular weight is 325 g/mol. The van der Waals surface area contributed by atoms with Gasteiger partial charge in [0.05, 0.1) is 4.92 Å². The Morgan fingerprint density at radius 1 is 1.45 bits per heavy atom. The number of carbonyl (C=O) groups is 1. The van der Waals surface area contributed by atoms with Gasteiger partial charge in [-0.1, -0.05) is 24.8 Å². The maximum atomic E-state index is 10.9. The van der Waals surface area contributed by atoms with E-state index in [1.165, 1.54) is 30.4 Å². The van der Waals surface area contributed by atoms with Gasteiger partial charge in [0, 0.05) is 36.6 Å². The van der Waals surface area contributed by atoms with E-state index in [-0.39, 0.29) is 22.0 Å². The molecule has 0 fully saturated rings. The van der Waals surface area contributed by atoms with Gasteiger partial charge < -0.3 is 10.1 Å². The molecule has 0 aliphatic carbocycles. The molecule has 1 aromatic rings. The van der Waals surface area contributed by atoms with Crippen LogP contribution in [-0.2, 0) is 4.74 Å². The molecule has 0 saturated heterocycles. The third-order valence-corrected chi connectivity index (χ3v) is 2.27. The van der Waals surface area contributed by atoms with E-state index in [1.54, 1.807) is 14.2 Å². The fraction of sp³-hybridized carbons (Fsp3) is 0.133. The van der Waals surface area contributed by atoms with Crippen LogP contribution in [-0.4, -0.2) is 25.4 Å². The number of halogens is 1. The van der Waals surface area contributed by atoms with Crippen molar-refractivity contribution in [3.8, 4) is 0 Å². The predicted octanol–water partition coefficient (Wildman–Crippen LogP) is 3.90. The van der Waals surface area contributed by atoms with Gasteiger partial charge >= 0.3 is 0 Å². The van der Waals surface area contributed by atoms with Gasteiger partial charge in [-0.15, -0.1) is 0 Å². The summed E-state index contributed by atoms with van der Waals surface area (Å²) in [5.41, 5.74) is 0.710. The molecule has 0 atom stereocenters. The minimum Gasteiger partial charge on any atom is -0.388 e. The fourth-order valence-electron chi connectivity index (χ4n) is 1.35. The van der Waals surface area contributed by atoms with Crippen molar-refractivity contribution in [3.05, 3.63) is 69.9 Å². The van der Waals surface area contributed by atoms with Crippen LogP contribution in [0.5, 0.6) is 0 Å². The van der Waals surface area contributed by atoms with Crippen LogP contribution in [0.15, 0.2) is 54.2 Å². The van der Waals surface area contributed by atoms with Gasteiger partial charge in [-0.25, -0.2) is 0 Å². The zero-order valence-corrected chi connectivity index (χ0v) is 13.1. The molecule has 1 rings (SSSR count). The van der Waals surface area contributed by atoms with Crippen LogP contribution < -0.4 is 5.32 Å². The Hall–Kier alpha value is -2.44. The van der Waals surface area contributed by atoms with Crippen molar-refractivity contribution in [2.24, 2.45) is 0 Å². The molecule has 0 unspecified atom stereocenters. The number of anilines is 1. The number of hydrogen-bond acceptors (Lipinski definition) is 5. The van der Waals surface area contributed by atoms with E-state index in [2.05, 4.69) is 23.2 Å². The Balaban J connectivity index is 0.00000135. The van der Waals surface area contributed by atoms with Crippen molar-refractivity contribution in [2.75, 3.05) is 19.5 Å². The lowest BCUT2D eigenvalue weighted by Crippen LogP contribution is -2.01. The van der Waals surface area contributed by atoms with Gasteiger partial charge in [-0.2, -0.15) is 0 Å². The van der Waals surface area contributed by atoms with Crippen molar-refractivity contribution < 1.29 is 14.5 Å². The van der Waals surface area contributed by atoms with E-state index in [9.17, 15) is 14.9 Å². The topological polar surface area (TPSA) is 81.5 Å². The molecule has 7 heteroatoms. The maximum absolute atomic E-state index is 10.9. The Labute approximate surface area is 133 Å². The van der Waals surface area contributed by atoms with Gasteiger partial charge in [0.15, 0.2) is 0 Å². The number of ether oxygens (including phenoxy) is 1. The molecule has 0 amide bonds. The zero-order valence-electron chi connectivity index (χ0n) is 12.3. The van der Waals surface area contributed by atoms with Crippen LogP contribution in [0.4, 0.5) is 11.4 Å². The second kappa shape index (κ2) is 10.3. The molecule has 0 heterocycles. The minimum atomic E-state index is -0.578. The van der Waals surface area contributed by atoms with Crippen LogP contribution in [0.25, 0.3) is 0 Å². The lowest BCUT2D eigenvalue weighted by Gasteiger charge is -2.08. The Morgan fingerprint density at radius 2 is 2.05 bits per heavy atom. The predicted molar refractivity (Wildman–Crippen MR) is 88.3 cm³/mol. The molecule has 0 aliphatic rings. The molecule has 0 aliphatic heterocycles. The Morgan fingerprint density at radius 3 is 2.45 bits per heavy atom. The van der Waals surface area contributed by atoms with Gasteiger partial charge in [0.25, 0.3) is 5.69 Å². The number of nitrogens with one attached hydrogen (secondary N) is 1. The summed E-state index contributed by atoms with van der Waals surface area (Å²) >= 11 is 5.63. The second-order valence-corrected chi connectivity index (χ2v) is 4.42. The summed E-state index contributed by atoms with van der Waals surface area (Å²) < 4.78 is 4.25. The maximum Gasteiger partial charge on any atom is 0.293 e. The lowest BCUT2D eigenvalue weighted by molar-refractivity contribution is -0.383. The highest BCUT2D eigenvalue weighted by atomic mass is 35.5. The summed E-state index contributed by atoms with van der Waals surface area (Å²) in [4.78, 5) is 21.0. The number of hydrogen-bond donors (Lipinski definition) is 1. The molecule has 1 aromatic carbocycles. The SMILES string of the molecule is C=C/C(=C\C(=C)Cl)Nc1ccc(C=O)cc1[N+](=O)[O-].COC. The second-order valence-electron chi connectivity index (χ2n) is 3.94. The Bertz CT molecular complexity index is 597. The number of benzene rings is 1. The average Bonchev–Trinajstić information content (AvgIpc) is 2.47. The molecule has 0 bridgehead atoms. The third kappa shape index (κ3) is 6.83. The van der Waals surface area contributed by atoms with Gasteiger partial charge in [0.1, 0.15) is 12.0 Å².